The maximum atomic E-state index is 12.2. The highest BCUT2D eigenvalue weighted by Gasteiger charge is 2.45. The van der Waals surface area contributed by atoms with Crippen LogP contribution in [0.4, 0.5) is 0 Å². The molecule has 2 aromatic rings. The van der Waals surface area contributed by atoms with Gasteiger partial charge in [0.25, 0.3) is 0 Å². The molecule has 5 atom stereocenters. The molecule has 0 saturated carbocycles. The van der Waals surface area contributed by atoms with Crippen molar-refractivity contribution in [3.63, 3.8) is 0 Å². The van der Waals surface area contributed by atoms with E-state index in [0.717, 1.165) is 22.4 Å². The van der Waals surface area contributed by atoms with E-state index in [9.17, 15) is 35.4 Å². The molecule has 0 spiro atoms. The number of ketones is 1. The fraction of sp³-hybridized carbons (Fsp3) is 0.667. The minimum absolute atomic E-state index is 0.00991. The van der Waals surface area contributed by atoms with Crippen molar-refractivity contribution in [3.05, 3.63) is 40.6 Å². The van der Waals surface area contributed by atoms with Gasteiger partial charge in [-0.15, -0.1) is 5.10 Å². The standard InChI is InChI=1S/C30H46N2O10/c1-17(2)24-22(28(32-31-24)42-29-27(39)26(38)25(37)23(14-33)41-29)12-19-8-9-21(11-18(19)3)40-10-6-5-7-20(36)13-30(4,15-34)16-35/h8-9,11,17,23,25-27,29,33-35,37-39H,5-7,10,12-16H2,1-4H3,(H,31,32)/t23-,25-,26+,27-,29+/m1/s1. The number of aliphatic hydroxyl groups is 6. The number of nitrogens with one attached hydrogen (secondary N) is 1. The Kier molecular flexibility index (Phi) is 12.3. The Hall–Kier alpha value is -2.58. The van der Waals surface area contributed by atoms with Gasteiger partial charge >= 0.3 is 0 Å². The summed E-state index contributed by atoms with van der Waals surface area (Å²) in [6.45, 7) is 7.07. The van der Waals surface area contributed by atoms with Crippen LogP contribution in [0.15, 0.2) is 18.2 Å². The number of aryl methyl sites for hydroxylation is 1. The topological polar surface area (TPSA) is 195 Å². The second kappa shape index (κ2) is 15.2. The number of hydrogen-bond donors (Lipinski definition) is 7. The van der Waals surface area contributed by atoms with Gasteiger partial charge in [-0.1, -0.05) is 26.8 Å². The molecule has 12 heteroatoms. The van der Waals surface area contributed by atoms with Gasteiger partial charge in [0.2, 0.25) is 12.2 Å². The third-order valence-corrected chi connectivity index (χ3v) is 7.70. The Bertz CT molecular complexity index is 1150. The van der Waals surface area contributed by atoms with E-state index in [2.05, 4.69) is 10.2 Å². The Morgan fingerprint density at radius 1 is 1.10 bits per heavy atom. The molecule has 0 amide bonds. The van der Waals surface area contributed by atoms with E-state index >= 15 is 0 Å². The minimum atomic E-state index is -1.56. The first kappa shape index (κ1) is 33.9. The van der Waals surface area contributed by atoms with Crippen molar-refractivity contribution in [2.45, 2.75) is 96.4 Å². The molecule has 1 aliphatic heterocycles. The zero-order valence-electron chi connectivity index (χ0n) is 24.8. The Morgan fingerprint density at radius 3 is 2.43 bits per heavy atom. The molecule has 1 aromatic carbocycles. The number of H-pyrrole nitrogens is 1. The lowest BCUT2D eigenvalue weighted by molar-refractivity contribution is -0.278. The van der Waals surface area contributed by atoms with Crippen LogP contribution >= 0.6 is 0 Å². The average Bonchev–Trinajstić information content (AvgIpc) is 3.36. The molecule has 0 unspecified atom stereocenters. The van der Waals surface area contributed by atoms with Crippen LogP contribution in [0.5, 0.6) is 11.6 Å². The molecule has 3 rings (SSSR count). The van der Waals surface area contributed by atoms with Crippen molar-refractivity contribution in [2.24, 2.45) is 5.41 Å². The van der Waals surface area contributed by atoms with Crippen LogP contribution < -0.4 is 9.47 Å². The van der Waals surface area contributed by atoms with Gasteiger partial charge in [-0.25, -0.2) is 0 Å². The number of nitrogens with zero attached hydrogens (tertiary/aromatic N) is 1. The lowest BCUT2D eigenvalue weighted by Gasteiger charge is -2.39. The van der Waals surface area contributed by atoms with Crippen LogP contribution in [0.25, 0.3) is 0 Å². The number of hydrogen-bond acceptors (Lipinski definition) is 11. The summed E-state index contributed by atoms with van der Waals surface area (Å²) in [6, 6.07) is 5.75. The molecule has 0 aliphatic carbocycles. The predicted octanol–water partition coefficient (Wildman–Crippen LogP) is 1.11. The maximum absolute atomic E-state index is 12.2. The maximum Gasteiger partial charge on any atom is 0.238 e. The average molecular weight is 595 g/mol. The van der Waals surface area contributed by atoms with E-state index in [1.165, 1.54) is 0 Å². The first-order valence-electron chi connectivity index (χ1n) is 14.4. The fourth-order valence-electron chi connectivity index (χ4n) is 4.87. The molecule has 12 nitrogen and oxygen atoms in total. The van der Waals surface area contributed by atoms with Gasteiger partial charge in [-0.2, -0.15) is 0 Å². The summed E-state index contributed by atoms with van der Waals surface area (Å²) >= 11 is 0. The summed E-state index contributed by atoms with van der Waals surface area (Å²) in [4.78, 5) is 12.2. The van der Waals surface area contributed by atoms with Crippen molar-refractivity contribution in [1.29, 1.82) is 0 Å². The Balaban J connectivity index is 1.61. The summed E-state index contributed by atoms with van der Waals surface area (Å²) in [5.74, 6) is 0.978. The highest BCUT2D eigenvalue weighted by Crippen LogP contribution is 2.32. The fourth-order valence-corrected chi connectivity index (χ4v) is 4.87. The number of carbonyl (C=O) groups excluding carboxylic acids is 1. The van der Waals surface area contributed by atoms with Crippen LogP contribution in [0.1, 0.15) is 74.8 Å². The molecular formula is C30H46N2O10. The van der Waals surface area contributed by atoms with Gasteiger partial charge in [0, 0.05) is 35.9 Å². The number of ether oxygens (including phenoxy) is 3. The number of rotatable bonds is 16. The van der Waals surface area contributed by atoms with Crippen molar-refractivity contribution in [3.8, 4) is 11.6 Å². The highest BCUT2D eigenvalue weighted by atomic mass is 16.7. The second-order valence-electron chi connectivity index (χ2n) is 11.8. The van der Waals surface area contributed by atoms with Crippen LogP contribution in [0.2, 0.25) is 0 Å². The molecule has 1 fully saturated rings. The number of Topliss-reactive ketones (excluding diaryl/α,β-unsaturated/α-hetero) is 1. The van der Waals surface area contributed by atoms with E-state index in [1.54, 1.807) is 6.92 Å². The number of aromatic nitrogens is 2. The van der Waals surface area contributed by atoms with Crippen LogP contribution in [-0.2, 0) is 16.0 Å². The smallest absolute Gasteiger partial charge is 0.238 e. The Morgan fingerprint density at radius 2 is 1.81 bits per heavy atom. The molecule has 42 heavy (non-hydrogen) atoms. The summed E-state index contributed by atoms with van der Waals surface area (Å²) in [6.07, 6.45) is -4.73. The first-order chi connectivity index (χ1) is 19.9. The number of aromatic amines is 1. The number of benzene rings is 1. The third-order valence-electron chi connectivity index (χ3n) is 7.70. The summed E-state index contributed by atoms with van der Waals surface area (Å²) < 4.78 is 17.3. The third kappa shape index (κ3) is 8.50. The van der Waals surface area contributed by atoms with Gasteiger partial charge in [-0.05, 0) is 48.9 Å². The lowest BCUT2D eigenvalue weighted by Crippen LogP contribution is -2.60. The minimum Gasteiger partial charge on any atom is -0.494 e. The molecule has 0 radical (unpaired) electrons. The van der Waals surface area contributed by atoms with Crippen molar-refractivity contribution < 1.29 is 49.6 Å². The summed E-state index contributed by atoms with van der Waals surface area (Å²) in [7, 11) is 0. The summed E-state index contributed by atoms with van der Waals surface area (Å²) in [5, 5.41) is 66.1. The number of aliphatic hydroxyl groups excluding tert-OH is 6. The normalized spacial score (nSPS) is 22.9. The highest BCUT2D eigenvalue weighted by molar-refractivity contribution is 5.79. The van der Waals surface area contributed by atoms with Gasteiger partial charge in [-0.3, -0.25) is 9.89 Å². The number of carbonyl (C=O) groups is 1. The van der Waals surface area contributed by atoms with Crippen molar-refractivity contribution >= 4 is 5.78 Å². The van der Waals surface area contributed by atoms with Crippen LogP contribution in [0.3, 0.4) is 0 Å². The quantitative estimate of drug-likeness (QED) is 0.138. The molecule has 2 heterocycles. The van der Waals surface area contributed by atoms with E-state index in [-0.39, 0.29) is 37.2 Å². The largest absolute Gasteiger partial charge is 0.494 e. The number of unbranched alkanes of at least 4 members (excludes halogenated alkanes) is 1. The SMILES string of the molecule is Cc1cc(OCCCCC(=O)CC(C)(CO)CO)ccc1Cc1c(O[C@@H]2O[C@H](CO)[C@@H](O)[C@H](O)[C@H]2O)n[nH]c1C(C)C. The first-order valence-corrected chi connectivity index (χ1v) is 14.4. The monoisotopic (exact) mass is 594 g/mol. The molecular weight excluding hydrogens is 548 g/mol. The molecule has 7 N–H and O–H groups in total. The van der Waals surface area contributed by atoms with E-state index < -0.39 is 42.7 Å². The predicted molar refractivity (Wildman–Crippen MR) is 152 cm³/mol. The molecule has 1 aromatic heterocycles. The van der Waals surface area contributed by atoms with Crippen molar-refractivity contribution in [2.75, 3.05) is 26.4 Å². The van der Waals surface area contributed by atoms with Gasteiger partial charge in [0.15, 0.2) is 0 Å². The van der Waals surface area contributed by atoms with E-state index in [0.29, 0.717) is 38.0 Å². The Labute approximate surface area is 246 Å². The van der Waals surface area contributed by atoms with Gasteiger partial charge in [0.1, 0.15) is 35.9 Å². The van der Waals surface area contributed by atoms with Crippen LogP contribution in [0, 0.1) is 12.3 Å². The lowest BCUT2D eigenvalue weighted by atomic mass is 9.86. The van der Waals surface area contributed by atoms with E-state index in [4.69, 9.17) is 14.2 Å². The summed E-state index contributed by atoms with van der Waals surface area (Å²) in [5.41, 5.74) is 2.77. The van der Waals surface area contributed by atoms with Gasteiger partial charge in [0.05, 0.1) is 26.4 Å². The molecule has 1 aliphatic rings. The zero-order chi connectivity index (χ0) is 31.0. The zero-order valence-corrected chi connectivity index (χ0v) is 24.8. The van der Waals surface area contributed by atoms with Crippen LogP contribution in [-0.4, -0.2) is 104 Å². The van der Waals surface area contributed by atoms with E-state index in [1.807, 2.05) is 39.0 Å². The molecule has 236 valence electrons. The van der Waals surface area contributed by atoms with Crippen molar-refractivity contribution in [1.82, 2.24) is 10.2 Å². The molecule has 1 saturated heterocycles. The molecule has 0 bridgehead atoms. The second-order valence-corrected chi connectivity index (χ2v) is 11.8. The van der Waals surface area contributed by atoms with Gasteiger partial charge < -0.3 is 44.8 Å².